The number of piperazine rings is 1. The molecule has 2 aliphatic rings. The average molecular weight is 430 g/mol. The van der Waals surface area contributed by atoms with Gasteiger partial charge in [-0.1, -0.05) is 48.0 Å². The third-order valence-electron chi connectivity index (χ3n) is 6.27. The van der Waals surface area contributed by atoms with Crippen LogP contribution in [0.4, 0.5) is 0 Å². The second-order valence-corrected chi connectivity index (χ2v) is 8.52. The fourth-order valence-electron chi connectivity index (χ4n) is 4.55. The minimum Gasteiger partial charge on any atom is -0.429 e. The van der Waals surface area contributed by atoms with Crippen LogP contribution in [0.3, 0.4) is 0 Å². The average Bonchev–Trinajstić information content (AvgIpc) is 2.98. The summed E-state index contributed by atoms with van der Waals surface area (Å²) < 4.78 is 4.53. The fraction of sp³-hybridized carbons (Fsp3) is 0.333. The quantitative estimate of drug-likeness (QED) is 0.588. The van der Waals surface area contributed by atoms with Gasteiger partial charge in [0.1, 0.15) is 5.75 Å². The molecular formula is C27H31N3O2. The molecule has 0 saturated carbocycles. The van der Waals surface area contributed by atoms with Gasteiger partial charge in [-0.2, -0.15) is 0 Å². The predicted octanol–water partition coefficient (Wildman–Crippen LogP) is 4.05. The van der Waals surface area contributed by atoms with E-state index in [1.807, 2.05) is 12.3 Å². The SMILES string of the molecule is Cc1ccc2c(c1)CCc1cccnc1C2N1CCN(C)CC1.O=COc1ccccc1. The number of likely N-dealkylation sites (N-methyl/N-ethyl adjacent to an activating group) is 1. The highest BCUT2D eigenvalue weighted by Crippen LogP contribution is 2.36. The highest BCUT2D eigenvalue weighted by molar-refractivity contribution is 5.45. The van der Waals surface area contributed by atoms with E-state index in [-0.39, 0.29) is 0 Å². The van der Waals surface area contributed by atoms with Crippen LogP contribution in [0.1, 0.15) is 34.0 Å². The van der Waals surface area contributed by atoms with E-state index >= 15 is 0 Å². The van der Waals surface area contributed by atoms with Gasteiger partial charge in [-0.05, 0) is 61.7 Å². The largest absolute Gasteiger partial charge is 0.429 e. The number of aromatic nitrogens is 1. The number of nitrogens with zero attached hydrogens (tertiary/aromatic N) is 3. The van der Waals surface area contributed by atoms with Crippen molar-refractivity contribution in [2.75, 3.05) is 33.2 Å². The van der Waals surface area contributed by atoms with Gasteiger partial charge >= 0.3 is 0 Å². The second-order valence-electron chi connectivity index (χ2n) is 8.52. The zero-order valence-electron chi connectivity index (χ0n) is 18.9. The Bertz CT molecular complexity index is 1030. The van der Waals surface area contributed by atoms with E-state index in [1.54, 1.807) is 24.3 Å². The maximum Gasteiger partial charge on any atom is 0.298 e. The summed E-state index contributed by atoms with van der Waals surface area (Å²) >= 11 is 0. The molecule has 0 amide bonds. The Morgan fingerprint density at radius 3 is 2.44 bits per heavy atom. The van der Waals surface area contributed by atoms with Crippen molar-refractivity contribution in [3.63, 3.8) is 0 Å². The summed E-state index contributed by atoms with van der Waals surface area (Å²) in [7, 11) is 2.22. The molecule has 0 radical (unpaired) electrons. The molecule has 0 bridgehead atoms. The summed E-state index contributed by atoms with van der Waals surface area (Å²) in [6.45, 7) is 7.12. The maximum absolute atomic E-state index is 9.75. The summed E-state index contributed by atoms with van der Waals surface area (Å²) in [5.74, 6) is 0.576. The van der Waals surface area contributed by atoms with E-state index in [2.05, 4.69) is 58.8 Å². The summed E-state index contributed by atoms with van der Waals surface area (Å²) in [4.78, 5) is 19.6. The molecule has 1 fully saturated rings. The molecule has 0 N–H and O–H groups in total. The number of fused-ring (bicyclic) bond motifs is 2. The number of hydrogen-bond acceptors (Lipinski definition) is 5. The molecule has 3 aromatic rings. The zero-order valence-corrected chi connectivity index (χ0v) is 18.9. The van der Waals surface area contributed by atoms with Crippen LogP contribution >= 0.6 is 0 Å². The van der Waals surface area contributed by atoms with Crippen molar-refractivity contribution in [3.8, 4) is 5.75 Å². The molecule has 1 atom stereocenters. The van der Waals surface area contributed by atoms with E-state index in [4.69, 9.17) is 4.98 Å². The lowest BCUT2D eigenvalue weighted by molar-refractivity contribution is -0.120. The minimum atomic E-state index is 0.318. The topological polar surface area (TPSA) is 45.7 Å². The number of rotatable bonds is 3. The Kier molecular flexibility index (Phi) is 7.30. The van der Waals surface area contributed by atoms with Gasteiger partial charge in [-0.25, -0.2) is 0 Å². The standard InChI is InChI=1S/C20H25N3.C7H6O2/c1-15-5-8-18-17(14-15)7-6-16-4-3-9-21-19(16)20(18)23-12-10-22(2)11-13-23;8-6-9-7-4-2-1-3-5-7/h3-5,8-9,14,20H,6-7,10-13H2,1-2H3;1-6H. The molecule has 1 aliphatic heterocycles. The van der Waals surface area contributed by atoms with E-state index in [0.717, 1.165) is 39.0 Å². The van der Waals surface area contributed by atoms with Crippen molar-refractivity contribution < 1.29 is 9.53 Å². The van der Waals surface area contributed by atoms with Gasteiger partial charge in [0.2, 0.25) is 0 Å². The fourth-order valence-corrected chi connectivity index (χ4v) is 4.55. The summed E-state index contributed by atoms with van der Waals surface area (Å²) in [6.07, 6.45) is 4.19. The van der Waals surface area contributed by atoms with Gasteiger partial charge in [-0.3, -0.25) is 14.7 Å². The van der Waals surface area contributed by atoms with Crippen molar-refractivity contribution in [1.29, 1.82) is 0 Å². The van der Waals surface area contributed by atoms with Crippen molar-refractivity contribution in [2.45, 2.75) is 25.8 Å². The summed E-state index contributed by atoms with van der Waals surface area (Å²) in [5, 5.41) is 0. The van der Waals surface area contributed by atoms with E-state index in [9.17, 15) is 4.79 Å². The number of para-hydroxylation sites is 1. The van der Waals surface area contributed by atoms with Crippen LogP contribution in [0, 0.1) is 6.92 Å². The zero-order chi connectivity index (χ0) is 22.3. The molecule has 2 heterocycles. The Morgan fingerprint density at radius 2 is 1.69 bits per heavy atom. The van der Waals surface area contributed by atoms with E-state index < -0.39 is 0 Å². The summed E-state index contributed by atoms with van der Waals surface area (Å²) in [5.41, 5.74) is 7.04. The molecular weight excluding hydrogens is 398 g/mol. The lowest BCUT2D eigenvalue weighted by atomic mass is 9.95. The van der Waals surface area contributed by atoms with Gasteiger partial charge in [0.25, 0.3) is 6.47 Å². The molecule has 1 saturated heterocycles. The molecule has 5 nitrogen and oxygen atoms in total. The molecule has 1 aliphatic carbocycles. The first-order valence-electron chi connectivity index (χ1n) is 11.3. The molecule has 166 valence electrons. The Morgan fingerprint density at radius 1 is 0.938 bits per heavy atom. The monoisotopic (exact) mass is 429 g/mol. The first-order valence-corrected chi connectivity index (χ1v) is 11.3. The Balaban J connectivity index is 0.000000230. The van der Waals surface area contributed by atoms with Crippen LogP contribution in [0.5, 0.6) is 5.75 Å². The Labute approximate surface area is 190 Å². The molecule has 2 aromatic carbocycles. The van der Waals surface area contributed by atoms with Gasteiger partial charge in [0, 0.05) is 32.4 Å². The molecule has 1 aromatic heterocycles. The van der Waals surface area contributed by atoms with Crippen molar-refractivity contribution in [3.05, 3.63) is 94.8 Å². The number of hydrogen-bond donors (Lipinski definition) is 0. The van der Waals surface area contributed by atoms with Crippen molar-refractivity contribution in [1.82, 2.24) is 14.8 Å². The van der Waals surface area contributed by atoms with Crippen LogP contribution in [-0.2, 0) is 17.6 Å². The van der Waals surface area contributed by atoms with Gasteiger partial charge < -0.3 is 9.64 Å². The predicted molar refractivity (Wildman–Crippen MR) is 127 cm³/mol. The normalized spacial score (nSPS) is 18.4. The third kappa shape index (κ3) is 5.23. The minimum absolute atomic E-state index is 0.318. The first-order chi connectivity index (χ1) is 15.7. The highest BCUT2D eigenvalue weighted by atomic mass is 16.5. The van der Waals surface area contributed by atoms with Gasteiger partial charge in [0.15, 0.2) is 0 Å². The van der Waals surface area contributed by atoms with E-state index in [1.165, 1.54) is 27.9 Å². The van der Waals surface area contributed by atoms with Crippen LogP contribution in [0.15, 0.2) is 66.9 Å². The van der Waals surface area contributed by atoms with Crippen LogP contribution in [0.2, 0.25) is 0 Å². The smallest absolute Gasteiger partial charge is 0.298 e. The molecule has 5 heteroatoms. The second kappa shape index (κ2) is 10.5. The lowest BCUT2D eigenvalue weighted by Gasteiger charge is -2.38. The van der Waals surface area contributed by atoms with Crippen LogP contribution in [-0.4, -0.2) is 54.5 Å². The molecule has 32 heavy (non-hydrogen) atoms. The number of aryl methyl sites for hydroxylation is 3. The van der Waals surface area contributed by atoms with Crippen molar-refractivity contribution in [2.24, 2.45) is 0 Å². The molecule has 0 spiro atoms. The molecule has 1 unspecified atom stereocenters. The highest BCUT2D eigenvalue weighted by Gasteiger charge is 2.31. The summed E-state index contributed by atoms with van der Waals surface area (Å²) in [6, 6.07) is 20.6. The van der Waals surface area contributed by atoms with Gasteiger partial charge in [0.05, 0.1) is 11.7 Å². The number of ether oxygens (including phenoxy) is 1. The molecule has 5 rings (SSSR count). The lowest BCUT2D eigenvalue weighted by Crippen LogP contribution is -2.46. The van der Waals surface area contributed by atoms with Crippen LogP contribution in [0.25, 0.3) is 0 Å². The third-order valence-corrected chi connectivity index (χ3v) is 6.27. The Hall–Kier alpha value is -3.02. The first kappa shape index (κ1) is 22.2. The number of pyridine rings is 1. The number of carbonyl (C=O) groups excluding carboxylic acids is 1. The van der Waals surface area contributed by atoms with Crippen molar-refractivity contribution >= 4 is 6.47 Å². The van der Waals surface area contributed by atoms with Crippen LogP contribution < -0.4 is 4.74 Å². The van der Waals surface area contributed by atoms with E-state index in [0.29, 0.717) is 18.3 Å². The van der Waals surface area contributed by atoms with Gasteiger partial charge in [-0.15, -0.1) is 0 Å². The maximum atomic E-state index is 9.75. The number of carbonyl (C=O) groups is 1. The number of benzene rings is 2.